The molecule has 23 heavy (non-hydrogen) atoms. The molecule has 0 fully saturated rings. The lowest BCUT2D eigenvalue weighted by Gasteiger charge is -2.25. The van der Waals surface area contributed by atoms with Crippen LogP contribution in [0.25, 0.3) is 0 Å². The average Bonchev–Trinajstić information content (AvgIpc) is 2.33. The van der Waals surface area contributed by atoms with Gasteiger partial charge in [0.1, 0.15) is 0 Å². The van der Waals surface area contributed by atoms with Gasteiger partial charge in [-0.25, -0.2) is 0 Å². The van der Waals surface area contributed by atoms with Crippen molar-refractivity contribution in [3.8, 4) is 0 Å². The number of aliphatic hydroxyl groups excluding tert-OH is 1. The van der Waals surface area contributed by atoms with Crippen LogP contribution in [0.4, 0.5) is 39.5 Å². The molecule has 0 aliphatic heterocycles. The molecule has 0 unspecified atom stereocenters. The lowest BCUT2D eigenvalue weighted by molar-refractivity contribution is -0.211. The van der Waals surface area contributed by atoms with Crippen LogP contribution in [-0.2, 0) is 12.4 Å². The van der Waals surface area contributed by atoms with Crippen molar-refractivity contribution < 1.29 is 44.6 Å². The monoisotopic (exact) mass is 377 g/mol. The van der Waals surface area contributed by atoms with Gasteiger partial charge in [0.15, 0.2) is 6.10 Å². The highest BCUT2D eigenvalue weighted by atomic mass is 35.5. The minimum atomic E-state index is -5.39. The van der Waals surface area contributed by atoms with Gasteiger partial charge in [0.05, 0.1) is 17.2 Å². The molecule has 1 aromatic rings. The minimum Gasteiger partial charge on any atom is -0.382 e. The highest BCUT2D eigenvalue weighted by Crippen LogP contribution is 2.40. The van der Waals surface area contributed by atoms with E-state index in [4.69, 9.17) is 10.8 Å². The number of rotatable bonds is 2. The Morgan fingerprint density at radius 1 is 0.870 bits per heavy atom. The molecule has 1 rings (SSSR count). The molecule has 0 spiro atoms. The molecule has 0 heterocycles. The summed E-state index contributed by atoms with van der Waals surface area (Å²) in [5.41, 5.74) is 0.0116. The van der Waals surface area contributed by atoms with Crippen LogP contribution in [0.5, 0.6) is 0 Å². The van der Waals surface area contributed by atoms with Gasteiger partial charge in [0.25, 0.3) is 0 Å². The third kappa shape index (κ3) is 5.15. The van der Waals surface area contributed by atoms with Crippen LogP contribution in [0.15, 0.2) is 18.2 Å². The van der Waals surface area contributed by atoms with E-state index >= 15 is 0 Å². The van der Waals surface area contributed by atoms with E-state index < -0.39 is 47.4 Å². The zero-order valence-electron chi connectivity index (χ0n) is 10.7. The summed E-state index contributed by atoms with van der Waals surface area (Å²) in [7, 11) is 0. The summed E-state index contributed by atoms with van der Waals surface area (Å²) < 4.78 is 112. The van der Waals surface area contributed by atoms with Gasteiger partial charge in [0.2, 0.25) is 0 Å². The summed E-state index contributed by atoms with van der Waals surface area (Å²) >= 11 is 0. The number of halogens is 10. The number of alkyl halides is 9. The maximum Gasteiger partial charge on any atom is 0.416 e. The van der Waals surface area contributed by atoms with Crippen molar-refractivity contribution in [2.24, 2.45) is 5.73 Å². The molecule has 2 nitrogen and oxygen atoms in total. The molecular formula is C11H9ClF9NO. The standard InChI is InChI=1S/C11H8F9NO.ClH/c12-9(13,14)4-1-2-6(10(15,16)17)5(3-4)7(21)8(22)11(18,19)20;/h1-3,7-8,22H,21H2;1H/t7-,8-;/m0./s1. The molecule has 0 bridgehead atoms. The Hall–Kier alpha value is -1.20. The first-order valence-electron chi connectivity index (χ1n) is 5.44. The van der Waals surface area contributed by atoms with Crippen molar-refractivity contribution >= 4 is 12.4 Å². The smallest absolute Gasteiger partial charge is 0.382 e. The minimum absolute atomic E-state index is 0. The van der Waals surface area contributed by atoms with E-state index in [-0.39, 0.29) is 30.6 Å². The molecule has 0 radical (unpaired) electrons. The van der Waals surface area contributed by atoms with Crippen molar-refractivity contribution in [2.75, 3.05) is 0 Å². The fraction of sp³-hybridized carbons (Fsp3) is 0.455. The van der Waals surface area contributed by atoms with Crippen LogP contribution in [0, 0.1) is 0 Å². The fourth-order valence-electron chi connectivity index (χ4n) is 1.65. The van der Waals surface area contributed by atoms with E-state index in [0.717, 1.165) is 0 Å². The van der Waals surface area contributed by atoms with Crippen LogP contribution in [0.2, 0.25) is 0 Å². The molecule has 0 aliphatic carbocycles. The number of hydrogen-bond donors (Lipinski definition) is 2. The van der Waals surface area contributed by atoms with Gasteiger partial charge in [-0.2, -0.15) is 39.5 Å². The highest BCUT2D eigenvalue weighted by Gasteiger charge is 2.46. The Morgan fingerprint density at radius 3 is 1.70 bits per heavy atom. The topological polar surface area (TPSA) is 46.2 Å². The normalized spacial score (nSPS) is 15.8. The van der Waals surface area contributed by atoms with Crippen LogP contribution < -0.4 is 5.73 Å². The molecule has 134 valence electrons. The fourth-order valence-corrected chi connectivity index (χ4v) is 1.65. The van der Waals surface area contributed by atoms with Crippen LogP contribution in [0.3, 0.4) is 0 Å². The molecule has 0 saturated carbocycles. The SMILES string of the molecule is Cl.N[C@@H](c1cc(C(F)(F)F)ccc1C(F)(F)F)[C@H](O)C(F)(F)F. The highest BCUT2D eigenvalue weighted by molar-refractivity contribution is 5.85. The Balaban J connectivity index is 0.00000484. The number of nitrogens with two attached hydrogens (primary N) is 1. The van der Waals surface area contributed by atoms with Gasteiger partial charge in [-0.1, -0.05) is 0 Å². The van der Waals surface area contributed by atoms with Gasteiger partial charge >= 0.3 is 18.5 Å². The van der Waals surface area contributed by atoms with E-state index in [9.17, 15) is 39.5 Å². The van der Waals surface area contributed by atoms with Crippen molar-refractivity contribution in [1.29, 1.82) is 0 Å². The predicted molar refractivity (Wildman–Crippen MR) is 62.7 cm³/mol. The third-order valence-corrected chi connectivity index (χ3v) is 2.72. The van der Waals surface area contributed by atoms with E-state index in [2.05, 4.69) is 0 Å². The van der Waals surface area contributed by atoms with Gasteiger partial charge < -0.3 is 10.8 Å². The predicted octanol–water partition coefficient (Wildman–Crippen LogP) is 4.07. The van der Waals surface area contributed by atoms with Crippen molar-refractivity contribution in [3.63, 3.8) is 0 Å². The van der Waals surface area contributed by atoms with Crippen LogP contribution in [0.1, 0.15) is 22.7 Å². The first kappa shape index (κ1) is 21.8. The summed E-state index contributed by atoms with van der Waals surface area (Å²) in [6.45, 7) is 0. The Kier molecular flexibility index (Phi) is 6.38. The Labute approximate surface area is 129 Å². The number of benzene rings is 1. The van der Waals surface area contributed by atoms with Crippen LogP contribution in [-0.4, -0.2) is 17.4 Å². The summed E-state index contributed by atoms with van der Waals surface area (Å²) in [4.78, 5) is 0. The summed E-state index contributed by atoms with van der Waals surface area (Å²) in [6.07, 6.45) is -19.2. The zero-order valence-corrected chi connectivity index (χ0v) is 11.5. The molecule has 3 N–H and O–H groups in total. The largest absolute Gasteiger partial charge is 0.416 e. The van der Waals surface area contributed by atoms with Gasteiger partial charge in [-0.15, -0.1) is 12.4 Å². The Bertz CT molecular complexity index is 538. The van der Waals surface area contributed by atoms with Crippen LogP contribution >= 0.6 is 12.4 Å². The number of hydrogen-bond acceptors (Lipinski definition) is 2. The summed E-state index contributed by atoms with van der Waals surface area (Å²) in [5, 5.41) is 8.89. The zero-order chi connectivity index (χ0) is 17.5. The second-order valence-corrected chi connectivity index (χ2v) is 4.31. The lowest BCUT2D eigenvalue weighted by Crippen LogP contribution is -2.39. The lowest BCUT2D eigenvalue weighted by atomic mass is 9.94. The molecule has 0 aromatic heterocycles. The molecule has 1 aromatic carbocycles. The van der Waals surface area contributed by atoms with Gasteiger partial charge in [0, 0.05) is 0 Å². The molecule has 0 aliphatic rings. The summed E-state index contributed by atoms with van der Waals surface area (Å²) in [5.74, 6) is 0. The quantitative estimate of drug-likeness (QED) is 0.763. The third-order valence-electron chi connectivity index (χ3n) is 2.72. The second-order valence-electron chi connectivity index (χ2n) is 4.31. The van der Waals surface area contributed by atoms with Crippen molar-refractivity contribution in [2.45, 2.75) is 30.7 Å². The molecule has 2 atom stereocenters. The van der Waals surface area contributed by atoms with E-state index in [0.29, 0.717) is 0 Å². The maximum absolute atomic E-state index is 12.7. The van der Waals surface area contributed by atoms with Gasteiger partial charge in [-0.05, 0) is 23.8 Å². The maximum atomic E-state index is 12.7. The van der Waals surface area contributed by atoms with Gasteiger partial charge in [-0.3, -0.25) is 0 Å². The first-order valence-corrected chi connectivity index (χ1v) is 5.44. The summed E-state index contributed by atoms with van der Waals surface area (Å²) in [6, 6.07) is -2.83. The second kappa shape index (κ2) is 6.73. The molecule has 12 heteroatoms. The molecule has 0 amide bonds. The van der Waals surface area contributed by atoms with Crippen molar-refractivity contribution in [3.05, 3.63) is 34.9 Å². The van der Waals surface area contributed by atoms with E-state index in [1.807, 2.05) is 0 Å². The van der Waals surface area contributed by atoms with Crippen molar-refractivity contribution in [1.82, 2.24) is 0 Å². The van der Waals surface area contributed by atoms with E-state index in [1.165, 1.54) is 0 Å². The first-order chi connectivity index (χ1) is 9.65. The molecular weight excluding hydrogens is 369 g/mol. The Morgan fingerprint density at radius 2 is 1.35 bits per heavy atom. The molecule has 0 saturated heterocycles. The average molecular weight is 378 g/mol. The number of aliphatic hydroxyl groups is 1. The van der Waals surface area contributed by atoms with E-state index in [1.54, 1.807) is 0 Å².